The van der Waals surface area contributed by atoms with Crippen LogP contribution in [0.2, 0.25) is 0 Å². The van der Waals surface area contributed by atoms with E-state index in [0.29, 0.717) is 0 Å². The summed E-state index contributed by atoms with van der Waals surface area (Å²) in [6, 6.07) is 8.37. The average molecular weight is 207 g/mol. The second kappa shape index (κ2) is 3.53. The van der Waals surface area contributed by atoms with Gasteiger partial charge in [0.05, 0.1) is 5.69 Å². The Morgan fingerprint density at radius 2 is 2.21 bits per heavy atom. The molecule has 74 valence electrons. The molecule has 1 aliphatic heterocycles. The molecule has 1 aromatic rings. The Morgan fingerprint density at radius 3 is 2.86 bits per heavy atom. The van der Waals surface area contributed by atoms with E-state index >= 15 is 0 Å². The van der Waals surface area contributed by atoms with Crippen LogP contribution in [-0.2, 0) is 0 Å². The van der Waals surface area contributed by atoms with E-state index in [1.807, 2.05) is 12.1 Å². The lowest BCUT2D eigenvalue weighted by Crippen LogP contribution is -2.36. The fourth-order valence-corrected chi connectivity index (χ4v) is 2.76. The molecule has 0 fully saturated rings. The highest BCUT2D eigenvalue weighted by Gasteiger charge is 2.29. The zero-order valence-electron chi connectivity index (χ0n) is 8.34. The first-order chi connectivity index (χ1) is 6.74. The molecule has 0 amide bonds. The molecule has 4 heteroatoms. The predicted octanol–water partition coefficient (Wildman–Crippen LogP) is 2.06. The summed E-state index contributed by atoms with van der Waals surface area (Å²) in [6.45, 7) is 3.54. The highest BCUT2D eigenvalue weighted by Crippen LogP contribution is 2.42. The van der Waals surface area contributed by atoms with Crippen molar-refractivity contribution < 1.29 is 0 Å². The van der Waals surface area contributed by atoms with Gasteiger partial charge >= 0.3 is 0 Å². The van der Waals surface area contributed by atoms with Crippen molar-refractivity contribution in [1.29, 1.82) is 0 Å². The Labute approximate surface area is 88.4 Å². The second-order valence-electron chi connectivity index (χ2n) is 3.24. The topological polar surface area (TPSA) is 18.8 Å². The number of hydrazone groups is 1. The third-order valence-electron chi connectivity index (χ3n) is 2.35. The number of thioether (sulfide) groups is 1. The van der Waals surface area contributed by atoms with E-state index in [4.69, 9.17) is 0 Å². The Bertz CT molecular complexity index is 353. The molecule has 0 spiro atoms. The molecule has 1 atom stereocenters. The quantitative estimate of drug-likeness (QED) is 0.546. The van der Waals surface area contributed by atoms with Gasteiger partial charge in [-0.2, -0.15) is 5.10 Å². The van der Waals surface area contributed by atoms with Crippen LogP contribution in [-0.4, -0.2) is 31.3 Å². The fraction of sp³-hybridized carbons (Fsp3) is 0.300. The van der Waals surface area contributed by atoms with Crippen LogP contribution in [0.4, 0.5) is 5.69 Å². The monoisotopic (exact) mass is 207 g/mol. The number of hydrogen-bond acceptors (Lipinski definition) is 4. The third kappa shape index (κ3) is 1.35. The summed E-state index contributed by atoms with van der Waals surface area (Å²) in [5, 5.41) is 5.79. The number of benzene rings is 1. The fourth-order valence-electron chi connectivity index (χ4n) is 1.56. The average Bonchev–Trinajstić information content (AvgIpc) is 2.56. The number of para-hydroxylation sites is 1. The molecular weight excluding hydrogens is 194 g/mol. The lowest BCUT2D eigenvalue weighted by atomic mass is 10.3. The van der Waals surface area contributed by atoms with Gasteiger partial charge in [-0.05, 0) is 12.1 Å². The molecule has 0 aromatic heterocycles. The van der Waals surface area contributed by atoms with Gasteiger partial charge in [-0.3, -0.25) is 5.01 Å². The highest BCUT2D eigenvalue weighted by molar-refractivity contribution is 8.00. The van der Waals surface area contributed by atoms with Crippen LogP contribution in [0.3, 0.4) is 0 Å². The van der Waals surface area contributed by atoms with Gasteiger partial charge in [-0.1, -0.05) is 23.9 Å². The molecule has 2 rings (SSSR count). The lowest BCUT2D eigenvalue weighted by Gasteiger charge is -2.27. The molecule has 3 nitrogen and oxygen atoms in total. The van der Waals surface area contributed by atoms with Crippen molar-refractivity contribution in [3.8, 4) is 0 Å². The number of hydrogen-bond donors (Lipinski definition) is 0. The Kier molecular flexibility index (Phi) is 2.37. The summed E-state index contributed by atoms with van der Waals surface area (Å²) in [4.78, 5) is 3.50. The maximum atomic E-state index is 3.92. The minimum atomic E-state index is 0.227. The summed E-state index contributed by atoms with van der Waals surface area (Å²) in [6.07, 6.45) is 0. The molecular formula is C10H13N3S. The van der Waals surface area contributed by atoms with E-state index in [0.717, 1.165) is 0 Å². The molecule has 0 N–H and O–H groups in total. The maximum absolute atomic E-state index is 3.92. The predicted molar refractivity (Wildman–Crippen MR) is 61.8 cm³/mol. The number of fused-ring (bicyclic) bond motifs is 1. The molecule has 1 unspecified atom stereocenters. The minimum absolute atomic E-state index is 0.227. The lowest BCUT2D eigenvalue weighted by molar-refractivity contribution is 0.335. The minimum Gasteiger partial charge on any atom is -0.343 e. The van der Waals surface area contributed by atoms with Crippen LogP contribution in [0, 0.1) is 0 Å². The first-order valence-corrected chi connectivity index (χ1v) is 5.30. The van der Waals surface area contributed by atoms with Crippen LogP contribution in [0.1, 0.15) is 0 Å². The smallest absolute Gasteiger partial charge is 0.170 e. The van der Waals surface area contributed by atoms with Gasteiger partial charge in [-0.25, -0.2) is 0 Å². The molecule has 0 radical (unpaired) electrons. The Morgan fingerprint density at radius 1 is 1.50 bits per heavy atom. The summed E-state index contributed by atoms with van der Waals surface area (Å²) < 4.78 is 0. The first-order valence-electron chi connectivity index (χ1n) is 4.42. The van der Waals surface area contributed by atoms with Crippen molar-refractivity contribution in [3.05, 3.63) is 24.3 Å². The molecule has 14 heavy (non-hydrogen) atoms. The Hall–Kier alpha value is -1.16. The van der Waals surface area contributed by atoms with E-state index in [9.17, 15) is 0 Å². The van der Waals surface area contributed by atoms with Crippen LogP contribution in [0.15, 0.2) is 34.3 Å². The number of nitrogens with zero attached hydrogens (tertiary/aromatic N) is 3. The van der Waals surface area contributed by atoms with Crippen molar-refractivity contribution in [2.24, 2.45) is 5.10 Å². The van der Waals surface area contributed by atoms with Gasteiger partial charge < -0.3 is 4.90 Å². The van der Waals surface area contributed by atoms with Gasteiger partial charge in [0, 0.05) is 25.7 Å². The zero-order valence-corrected chi connectivity index (χ0v) is 9.16. The van der Waals surface area contributed by atoms with E-state index in [-0.39, 0.29) is 5.50 Å². The van der Waals surface area contributed by atoms with Crippen LogP contribution in [0.5, 0.6) is 0 Å². The SMILES string of the molecule is C=NN(C)C1Sc2ccccc2N1C. The van der Waals surface area contributed by atoms with Crippen LogP contribution < -0.4 is 4.90 Å². The molecule has 0 aliphatic carbocycles. The van der Waals surface area contributed by atoms with Gasteiger partial charge in [0.1, 0.15) is 0 Å². The normalized spacial score (nSPS) is 19.3. The van der Waals surface area contributed by atoms with E-state index in [1.54, 1.807) is 11.8 Å². The first kappa shape index (κ1) is 9.40. The summed E-state index contributed by atoms with van der Waals surface area (Å²) in [5.74, 6) is 0. The van der Waals surface area contributed by atoms with Gasteiger partial charge in [0.2, 0.25) is 0 Å². The van der Waals surface area contributed by atoms with Crippen molar-refractivity contribution in [1.82, 2.24) is 5.01 Å². The molecule has 1 aromatic carbocycles. The van der Waals surface area contributed by atoms with Gasteiger partial charge in [0.15, 0.2) is 5.50 Å². The third-order valence-corrected chi connectivity index (χ3v) is 3.78. The van der Waals surface area contributed by atoms with Crippen molar-refractivity contribution >= 4 is 24.2 Å². The zero-order chi connectivity index (χ0) is 10.1. The van der Waals surface area contributed by atoms with Crippen LogP contribution in [0.25, 0.3) is 0 Å². The summed E-state index contributed by atoms with van der Waals surface area (Å²) >= 11 is 1.80. The van der Waals surface area contributed by atoms with E-state index in [2.05, 4.69) is 48.0 Å². The maximum Gasteiger partial charge on any atom is 0.170 e. The van der Waals surface area contributed by atoms with Crippen LogP contribution >= 0.6 is 11.8 Å². The number of anilines is 1. The van der Waals surface area contributed by atoms with Crippen molar-refractivity contribution in [3.63, 3.8) is 0 Å². The second-order valence-corrected chi connectivity index (χ2v) is 4.34. The van der Waals surface area contributed by atoms with Gasteiger partial charge in [0.25, 0.3) is 0 Å². The molecule has 1 heterocycles. The van der Waals surface area contributed by atoms with Crippen molar-refractivity contribution in [2.45, 2.75) is 10.4 Å². The summed E-state index contributed by atoms with van der Waals surface area (Å²) in [5.41, 5.74) is 1.49. The standard InChI is InChI=1S/C10H13N3S/c1-11-13(3)10-12(2)8-6-4-5-7-9(8)14-10/h4-7,10H,1H2,2-3H3. The molecule has 0 saturated carbocycles. The Balaban J connectivity index is 2.29. The van der Waals surface area contributed by atoms with Gasteiger partial charge in [-0.15, -0.1) is 0 Å². The van der Waals surface area contributed by atoms with E-state index < -0.39 is 0 Å². The number of rotatable bonds is 2. The van der Waals surface area contributed by atoms with Crippen molar-refractivity contribution in [2.75, 3.05) is 19.0 Å². The summed E-state index contributed by atoms with van der Waals surface area (Å²) in [7, 11) is 4.01. The van der Waals surface area contributed by atoms with E-state index in [1.165, 1.54) is 10.6 Å². The largest absolute Gasteiger partial charge is 0.343 e. The molecule has 0 saturated heterocycles. The molecule has 1 aliphatic rings. The molecule has 0 bridgehead atoms. The highest BCUT2D eigenvalue weighted by atomic mass is 32.2.